The van der Waals surface area contributed by atoms with Gasteiger partial charge in [0.05, 0.1) is 12.2 Å². The molecule has 5 aliphatic carbocycles. The van der Waals surface area contributed by atoms with Crippen LogP contribution in [0, 0.1) is 21.7 Å². The topological polar surface area (TPSA) is 18.5 Å². The average Bonchev–Trinajstić information content (AvgIpc) is 3.08. The van der Waals surface area contributed by atoms with Crippen LogP contribution >= 0.6 is 0 Å². The molecule has 0 heterocycles. The number of methoxy groups -OCH3 is 2. The van der Waals surface area contributed by atoms with Gasteiger partial charge in [-0.15, -0.1) is 0 Å². The quantitative estimate of drug-likeness (QED) is 0.747. The highest BCUT2D eigenvalue weighted by Gasteiger charge is 2.93. The van der Waals surface area contributed by atoms with Crippen molar-refractivity contribution >= 4 is 0 Å². The Labute approximate surface area is 109 Å². The highest BCUT2D eigenvalue weighted by Crippen LogP contribution is 2.94. The first-order chi connectivity index (χ1) is 8.71. The van der Waals surface area contributed by atoms with Gasteiger partial charge in [0.25, 0.3) is 0 Å². The van der Waals surface area contributed by atoms with E-state index in [1.54, 1.807) is 0 Å². The molecule has 0 amide bonds. The Kier molecular flexibility index (Phi) is 1.60. The molecule has 5 saturated carbocycles. The van der Waals surface area contributed by atoms with Crippen LogP contribution in [0.2, 0.25) is 0 Å². The van der Waals surface area contributed by atoms with Gasteiger partial charge in [-0.1, -0.05) is 12.8 Å². The van der Waals surface area contributed by atoms with Crippen molar-refractivity contribution in [2.75, 3.05) is 14.2 Å². The third-order valence-electron chi connectivity index (χ3n) is 7.97. The molecule has 2 nitrogen and oxygen atoms in total. The van der Waals surface area contributed by atoms with E-state index in [9.17, 15) is 0 Å². The van der Waals surface area contributed by atoms with Crippen molar-refractivity contribution in [3.63, 3.8) is 0 Å². The number of hydrogen-bond donors (Lipinski definition) is 0. The Morgan fingerprint density at radius 3 is 1.28 bits per heavy atom. The molecule has 0 N–H and O–H groups in total. The third kappa shape index (κ3) is 0.725. The molecule has 4 atom stereocenters. The fraction of sp³-hybridized carbons (Fsp3) is 1.00. The molecule has 0 spiro atoms. The van der Waals surface area contributed by atoms with Crippen molar-refractivity contribution < 1.29 is 9.47 Å². The van der Waals surface area contributed by atoms with E-state index < -0.39 is 0 Å². The van der Waals surface area contributed by atoms with Gasteiger partial charge in [-0.25, -0.2) is 0 Å². The molecular formula is C16H24O2. The summed E-state index contributed by atoms with van der Waals surface area (Å²) in [5.74, 6) is 0. The summed E-state index contributed by atoms with van der Waals surface area (Å²) >= 11 is 0. The summed E-state index contributed by atoms with van der Waals surface area (Å²) in [6.45, 7) is 0. The van der Waals surface area contributed by atoms with E-state index in [0.29, 0.717) is 33.9 Å². The lowest BCUT2D eigenvalue weighted by Gasteiger charge is -2.45. The third-order valence-corrected chi connectivity index (χ3v) is 7.97. The van der Waals surface area contributed by atoms with Crippen LogP contribution in [-0.4, -0.2) is 26.4 Å². The van der Waals surface area contributed by atoms with Gasteiger partial charge in [-0.05, 0) is 38.5 Å². The van der Waals surface area contributed by atoms with E-state index in [1.165, 1.54) is 51.4 Å². The summed E-state index contributed by atoms with van der Waals surface area (Å²) in [5, 5.41) is 0. The summed E-state index contributed by atoms with van der Waals surface area (Å²) in [7, 11) is 3.95. The molecule has 5 rings (SSSR count). The molecule has 0 radical (unpaired) electrons. The van der Waals surface area contributed by atoms with Gasteiger partial charge in [0.1, 0.15) is 0 Å². The Balaban J connectivity index is 1.70. The van der Waals surface area contributed by atoms with Crippen LogP contribution in [0.5, 0.6) is 0 Å². The van der Waals surface area contributed by atoms with Gasteiger partial charge in [-0.3, -0.25) is 0 Å². The molecular weight excluding hydrogens is 224 g/mol. The maximum Gasteiger partial charge on any atom is 0.0696 e. The molecule has 2 heteroatoms. The highest BCUT2D eigenvalue weighted by molar-refractivity contribution is 5.41. The van der Waals surface area contributed by atoms with Gasteiger partial charge >= 0.3 is 0 Å². The van der Waals surface area contributed by atoms with Crippen LogP contribution in [-0.2, 0) is 9.47 Å². The minimum absolute atomic E-state index is 0.521. The second-order valence-corrected chi connectivity index (χ2v) is 7.92. The molecule has 0 bridgehead atoms. The monoisotopic (exact) mass is 248 g/mol. The molecule has 0 aromatic rings. The number of ether oxygens (including phenoxy) is 2. The van der Waals surface area contributed by atoms with E-state index >= 15 is 0 Å². The highest BCUT2D eigenvalue weighted by atomic mass is 16.5. The first-order valence-corrected chi connectivity index (χ1v) is 7.77. The second kappa shape index (κ2) is 2.69. The lowest BCUT2D eigenvalue weighted by Crippen LogP contribution is -2.50. The fourth-order valence-corrected chi connectivity index (χ4v) is 7.72. The van der Waals surface area contributed by atoms with Gasteiger partial charge in [-0.2, -0.15) is 0 Å². The minimum Gasteiger partial charge on any atom is -0.380 e. The molecule has 18 heavy (non-hydrogen) atoms. The smallest absolute Gasteiger partial charge is 0.0696 e. The fourth-order valence-electron chi connectivity index (χ4n) is 7.72. The zero-order valence-electron chi connectivity index (χ0n) is 11.6. The molecule has 100 valence electrons. The van der Waals surface area contributed by atoms with Crippen LogP contribution < -0.4 is 0 Å². The summed E-state index contributed by atoms with van der Waals surface area (Å²) in [6, 6.07) is 0. The molecule has 5 aliphatic rings. The molecule has 0 aromatic heterocycles. The molecule has 0 saturated heterocycles. The Morgan fingerprint density at radius 1 is 0.667 bits per heavy atom. The second-order valence-electron chi connectivity index (χ2n) is 7.92. The molecule has 0 aliphatic heterocycles. The standard InChI is InChI=1S/C16H24O2/c1-17-11-13-5-3-7-15(13,9-13)12(18-2)16-8-4-6-14(11,16)10-16/h11-12H,3-10H2,1-2H3. The van der Waals surface area contributed by atoms with E-state index in [0.717, 1.165) is 0 Å². The number of rotatable bonds is 2. The van der Waals surface area contributed by atoms with Crippen LogP contribution in [0.4, 0.5) is 0 Å². The van der Waals surface area contributed by atoms with Crippen LogP contribution in [0.3, 0.4) is 0 Å². The molecule has 5 fully saturated rings. The van der Waals surface area contributed by atoms with Crippen LogP contribution in [0.25, 0.3) is 0 Å². The summed E-state index contributed by atoms with van der Waals surface area (Å²) in [4.78, 5) is 0. The van der Waals surface area contributed by atoms with Crippen molar-refractivity contribution in [3.05, 3.63) is 0 Å². The van der Waals surface area contributed by atoms with Crippen LogP contribution in [0.15, 0.2) is 0 Å². The van der Waals surface area contributed by atoms with E-state index in [-0.39, 0.29) is 0 Å². The SMILES string of the molecule is COC1C23CCCC2(C3)C(OC)C23CCCC12C3. The first-order valence-electron chi connectivity index (χ1n) is 7.77. The molecule has 0 aromatic carbocycles. The van der Waals surface area contributed by atoms with Gasteiger partial charge < -0.3 is 9.47 Å². The lowest BCUT2D eigenvalue weighted by molar-refractivity contribution is -0.124. The first kappa shape index (κ1) is 10.7. The zero-order chi connectivity index (χ0) is 12.2. The van der Waals surface area contributed by atoms with E-state index in [1.807, 2.05) is 14.2 Å². The van der Waals surface area contributed by atoms with Crippen molar-refractivity contribution in [1.29, 1.82) is 0 Å². The maximum absolute atomic E-state index is 6.14. The van der Waals surface area contributed by atoms with Crippen molar-refractivity contribution in [1.82, 2.24) is 0 Å². The predicted octanol–water partition coefficient (Wildman–Crippen LogP) is 3.15. The van der Waals surface area contributed by atoms with Crippen molar-refractivity contribution in [2.45, 2.75) is 63.6 Å². The maximum atomic E-state index is 6.14. The summed E-state index contributed by atoms with van der Waals surface area (Å²) in [6.07, 6.45) is 12.4. The van der Waals surface area contributed by atoms with E-state index in [2.05, 4.69) is 0 Å². The van der Waals surface area contributed by atoms with E-state index in [4.69, 9.17) is 9.47 Å². The molecule has 4 unspecified atom stereocenters. The largest absolute Gasteiger partial charge is 0.380 e. The average molecular weight is 248 g/mol. The van der Waals surface area contributed by atoms with Gasteiger partial charge in [0.15, 0.2) is 0 Å². The summed E-state index contributed by atoms with van der Waals surface area (Å²) < 4.78 is 12.3. The van der Waals surface area contributed by atoms with Crippen molar-refractivity contribution in [2.24, 2.45) is 21.7 Å². The Bertz CT molecular complexity index is 363. The van der Waals surface area contributed by atoms with Gasteiger partial charge in [0, 0.05) is 35.9 Å². The van der Waals surface area contributed by atoms with Crippen LogP contribution in [0.1, 0.15) is 51.4 Å². The zero-order valence-corrected chi connectivity index (χ0v) is 11.6. The number of hydrogen-bond acceptors (Lipinski definition) is 2. The Hall–Kier alpha value is -0.0800. The lowest BCUT2D eigenvalue weighted by atomic mass is 9.67. The minimum atomic E-state index is 0.521. The Morgan fingerprint density at radius 2 is 1.00 bits per heavy atom. The normalized spacial score (nSPS) is 67.0. The van der Waals surface area contributed by atoms with Gasteiger partial charge in [0.2, 0.25) is 0 Å². The predicted molar refractivity (Wildman–Crippen MR) is 68.3 cm³/mol. The van der Waals surface area contributed by atoms with Crippen molar-refractivity contribution in [3.8, 4) is 0 Å². The summed E-state index contributed by atoms with van der Waals surface area (Å²) in [5.41, 5.74) is 2.08.